The van der Waals surface area contributed by atoms with Gasteiger partial charge in [0.1, 0.15) is 0 Å². The average Bonchev–Trinajstić information content (AvgIpc) is 2.41. The highest BCUT2D eigenvalue weighted by atomic mass is 17.3. The second kappa shape index (κ2) is 11.3. The number of hydrogen-bond donors (Lipinski definition) is 0. The molecular weight excluding hydrogens is 336 g/mol. The van der Waals surface area contributed by atoms with Crippen LogP contribution in [-0.2, 0) is 19.2 Å². The SMILES string of the molecule is C[C@H](CCOC(=O)OOC(=O)OCC[C@@H](C)CC(C)(C)C)CC(C)(C)C. The monoisotopic (exact) mass is 374 g/mol. The van der Waals surface area contributed by atoms with E-state index in [2.05, 4.69) is 65.2 Å². The van der Waals surface area contributed by atoms with Crippen molar-refractivity contribution in [1.29, 1.82) is 0 Å². The molecule has 6 heteroatoms. The maximum Gasteiger partial charge on any atom is 0.549 e. The molecule has 154 valence electrons. The molecule has 0 unspecified atom stereocenters. The Balaban J connectivity index is 3.78. The Kier molecular flexibility index (Phi) is 10.7. The first kappa shape index (κ1) is 24.5. The van der Waals surface area contributed by atoms with Crippen molar-refractivity contribution in [2.24, 2.45) is 22.7 Å². The van der Waals surface area contributed by atoms with Gasteiger partial charge in [-0.2, -0.15) is 19.4 Å². The summed E-state index contributed by atoms with van der Waals surface area (Å²) in [6, 6.07) is 0. The largest absolute Gasteiger partial charge is 0.549 e. The first-order chi connectivity index (χ1) is 11.8. The Morgan fingerprint density at radius 2 is 1.00 bits per heavy atom. The summed E-state index contributed by atoms with van der Waals surface area (Å²) < 4.78 is 9.76. The molecule has 0 saturated heterocycles. The molecule has 0 saturated carbocycles. The maximum atomic E-state index is 11.4. The van der Waals surface area contributed by atoms with Crippen LogP contribution in [0.4, 0.5) is 9.59 Å². The van der Waals surface area contributed by atoms with Crippen molar-refractivity contribution in [3.05, 3.63) is 0 Å². The molecule has 0 aliphatic heterocycles. The summed E-state index contributed by atoms with van der Waals surface area (Å²) in [5.74, 6) is 0.840. The van der Waals surface area contributed by atoms with Crippen molar-refractivity contribution in [1.82, 2.24) is 0 Å². The standard InChI is InChI=1S/C20H38O6/c1-15(13-19(3,4)5)9-11-23-17(21)25-26-18(22)24-12-10-16(2)14-20(6,7)8/h15-16H,9-14H2,1-8H3/t15-,16-/m1/s1. The van der Waals surface area contributed by atoms with Crippen molar-refractivity contribution < 1.29 is 28.8 Å². The predicted molar refractivity (Wildman–Crippen MR) is 101 cm³/mol. The van der Waals surface area contributed by atoms with Crippen LogP contribution in [0.25, 0.3) is 0 Å². The zero-order valence-corrected chi connectivity index (χ0v) is 17.8. The topological polar surface area (TPSA) is 71.1 Å². The third-order valence-corrected chi connectivity index (χ3v) is 3.76. The van der Waals surface area contributed by atoms with Crippen molar-refractivity contribution in [2.75, 3.05) is 13.2 Å². The quantitative estimate of drug-likeness (QED) is 0.289. The van der Waals surface area contributed by atoms with Gasteiger partial charge < -0.3 is 9.47 Å². The van der Waals surface area contributed by atoms with E-state index in [0.29, 0.717) is 11.8 Å². The molecule has 0 N–H and O–H groups in total. The van der Waals surface area contributed by atoms with E-state index in [1.807, 2.05) is 0 Å². The number of rotatable bonds is 8. The van der Waals surface area contributed by atoms with Gasteiger partial charge in [-0.1, -0.05) is 55.4 Å². The van der Waals surface area contributed by atoms with Crippen LogP contribution in [0.15, 0.2) is 0 Å². The van der Waals surface area contributed by atoms with Gasteiger partial charge in [0, 0.05) is 0 Å². The van der Waals surface area contributed by atoms with E-state index < -0.39 is 12.3 Å². The van der Waals surface area contributed by atoms with Crippen LogP contribution in [0.3, 0.4) is 0 Å². The fourth-order valence-electron chi connectivity index (χ4n) is 3.10. The van der Waals surface area contributed by atoms with Gasteiger partial charge in [0.2, 0.25) is 0 Å². The van der Waals surface area contributed by atoms with Crippen LogP contribution in [0.5, 0.6) is 0 Å². The summed E-state index contributed by atoms with van der Waals surface area (Å²) in [6.07, 6.45) is 1.44. The third-order valence-electron chi connectivity index (χ3n) is 3.76. The second-order valence-electron chi connectivity index (χ2n) is 9.68. The normalized spacial score (nSPS) is 14.3. The van der Waals surface area contributed by atoms with E-state index in [9.17, 15) is 9.59 Å². The molecule has 0 aliphatic carbocycles. The molecular formula is C20H38O6. The van der Waals surface area contributed by atoms with Gasteiger partial charge in [0.15, 0.2) is 0 Å². The highest BCUT2D eigenvalue weighted by Gasteiger charge is 2.18. The van der Waals surface area contributed by atoms with Crippen LogP contribution in [-0.4, -0.2) is 25.5 Å². The summed E-state index contributed by atoms with van der Waals surface area (Å²) in [6.45, 7) is 17.7. The Bertz CT molecular complexity index is 379. The molecule has 0 aromatic rings. The highest BCUT2D eigenvalue weighted by molar-refractivity contribution is 5.63. The van der Waals surface area contributed by atoms with Crippen molar-refractivity contribution in [3.8, 4) is 0 Å². The molecule has 0 fully saturated rings. The molecule has 0 heterocycles. The molecule has 0 aliphatic rings. The molecule has 0 aromatic heterocycles. The van der Waals surface area contributed by atoms with Gasteiger partial charge in [0.25, 0.3) is 0 Å². The third kappa shape index (κ3) is 16.0. The zero-order valence-electron chi connectivity index (χ0n) is 17.8. The Labute approximate surface area is 158 Å². The van der Waals surface area contributed by atoms with E-state index in [-0.39, 0.29) is 24.0 Å². The lowest BCUT2D eigenvalue weighted by Gasteiger charge is -2.23. The van der Waals surface area contributed by atoms with Crippen LogP contribution in [0.2, 0.25) is 0 Å². The molecule has 2 atom stereocenters. The Morgan fingerprint density at radius 3 is 1.27 bits per heavy atom. The molecule has 0 bridgehead atoms. The number of ether oxygens (including phenoxy) is 2. The number of carbonyl (C=O) groups is 2. The lowest BCUT2D eigenvalue weighted by molar-refractivity contribution is -0.218. The van der Waals surface area contributed by atoms with Crippen LogP contribution < -0.4 is 0 Å². The van der Waals surface area contributed by atoms with Gasteiger partial charge in [-0.25, -0.2) is 0 Å². The van der Waals surface area contributed by atoms with E-state index >= 15 is 0 Å². The fourth-order valence-corrected chi connectivity index (χ4v) is 3.10. The minimum absolute atomic E-state index is 0.221. The van der Waals surface area contributed by atoms with Crippen LogP contribution in [0.1, 0.15) is 81.1 Å². The Hall–Kier alpha value is -1.46. The molecule has 0 radical (unpaired) electrons. The highest BCUT2D eigenvalue weighted by Crippen LogP contribution is 2.26. The summed E-state index contributed by atoms with van der Waals surface area (Å²) in [5, 5.41) is 0. The van der Waals surface area contributed by atoms with Gasteiger partial charge in [-0.15, -0.1) is 0 Å². The predicted octanol–water partition coefficient (Wildman–Crippen LogP) is 6.13. The van der Waals surface area contributed by atoms with Crippen LogP contribution >= 0.6 is 0 Å². The molecule has 26 heavy (non-hydrogen) atoms. The van der Waals surface area contributed by atoms with Gasteiger partial charge in [-0.3, -0.25) is 0 Å². The van der Waals surface area contributed by atoms with E-state index in [0.717, 1.165) is 25.7 Å². The van der Waals surface area contributed by atoms with Crippen molar-refractivity contribution in [2.45, 2.75) is 81.1 Å². The molecule has 0 aromatic carbocycles. The minimum atomic E-state index is -1.04. The van der Waals surface area contributed by atoms with Crippen molar-refractivity contribution >= 4 is 12.3 Å². The van der Waals surface area contributed by atoms with Crippen molar-refractivity contribution in [3.63, 3.8) is 0 Å². The lowest BCUT2D eigenvalue weighted by Crippen LogP contribution is -2.18. The number of hydrogen-bond acceptors (Lipinski definition) is 6. The van der Waals surface area contributed by atoms with Gasteiger partial charge in [-0.05, 0) is 48.3 Å². The van der Waals surface area contributed by atoms with E-state index in [4.69, 9.17) is 9.47 Å². The summed E-state index contributed by atoms with van der Waals surface area (Å²) in [5.41, 5.74) is 0.467. The van der Waals surface area contributed by atoms with E-state index in [1.165, 1.54) is 0 Å². The van der Waals surface area contributed by atoms with Gasteiger partial charge >= 0.3 is 12.3 Å². The number of carbonyl (C=O) groups excluding carboxylic acids is 2. The van der Waals surface area contributed by atoms with E-state index in [1.54, 1.807) is 0 Å². The molecule has 0 amide bonds. The summed E-state index contributed by atoms with van der Waals surface area (Å²) in [4.78, 5) is 31.3. The Morgan fingerprint density at radius 1 is 0.692 bits per heavy atom. The first-order valence-corrected chi connectivity index (χ1v) is 9.46. The first-order valence-electron chi connectivity index (χ1n) is 9.46. The molecule has 0 rings (SSSR count). The fraction of sp³-hybridized carbons (Fsp3) is 0.900. The lowest BCUT2D eigenvalue weighted by atomic mass is 9.84. The summed E-state index contributed by atoms with van der Waals surface area (Å²) in [7, 11) is 0. The van der Waals surface area contributed by atoms with Crippen LogP contribution in [0, 0.1) is 22.7 Å². The zero-order chi connectivity index (χ0) is 20.4. The summed E-state index contributed by atoms with van der Waals surface area (Å²) >= 11 is 0. The average molecular weight is 375 g/mol. The second-order valence-corrected chi connectivity index (χ2v) is 9.68. The van der Waals surface area contributed by atoms with Gasteiger partial charge in [0.05, 0.1) is 13.2 Å². The maximum absolute atomic E-state index is 11.4. The smallest absolute Gasteiger partial charge is 0.432 e. The molecule has 6 nitrogen and oxygen atoms in total. The minimum Gasteiger partial charge on any atom is -0.432 e. The molecule has 0 spiro atoms.